The van der Waals surface area contributed by atoms with Crippen molar-refractivity contribution in [2.75, 3.05) is 17.7 Å². The molecule has 0 aliphatic carbocycles. The van der Waals surface area contributed by atoms with E-state index in [1.165, 1.54) is 12.1 Å². The van der Waals surface area contributed by atoms with Gasteiger partial charge in [-0.1, -0.05) is 42.1 Å². The van der Waals surface area contributed by atoms with Crippen LogP contribution >= 0.6 is 11.8 Å². The molecule has 0 unspecified atom stereocenters. The maximum absolute atomic E-state index is 12.2. The number of amides is 1. The summed E-state index contributed by atoms with van der Waals surface area (Å²) in [6, 6.07) is 14.0. The third-order valence-electron chi connectivity index (χ3n) is 3.72. The highest BCUT2D eigenvalue weighted by molar-refractivity contribution is 7.99. The van der Waals surface area contributed by atoms with Gasteiger partial charge in [-0.15, -0.1) is 10.2 Å². The van der Waals surface area contributed by atoms with E-state index in [-0.39, 0.29) is 22.4 Å². The second-order valence-electron chi connectivity index (χ2n) is 5.83. The summed E-state index contributed by atoms with van der Waals surface area (Å²) in [5.41, 5.74) is 0.893. The van der Waals surface area contributed by atoms with Crippen molar-refractivity contribution >= 4 is 29.0 Å². The summed E-state index contributed by atoms with van der Waals surface area (Å²) in [7, 11) is 0. The van der Waals surface area contributed by atoms with Gasteiger partial charge in [-0.2, -0.15) is 0 Å². The minimum atomic E-state index is -0.570. The lowest BCUT2D eigenvalue weighted by atomic mass is 10.2. The number of carbonyl (C=O) groups is 1. The van der Waals surface area contributed by atoms with Crippen LogP contribution in [0.1, 0.15) is 18.4 Å². The maximum atomic E-state index is 12.2. The first-order valence-electron chi connectivity index (χ1n) is 8.75. The Morgan fingerprint density at radius 2 is 2.03 bits per heavy atom. The lowest BCUT2D eigenvalue weighted by Gasteiger charge is -2.07. The number of hydrogen-bond donors (Lipinski definition) is 1. The third kappa shape index (κ3) is 5.79. The molecule has 0 spiro atoms. The summed E-state index contributed by atoms with van der Waals surface area (Å²) in [4.78, 5) is 22.9. The van der Waals surface area contributed by atoms with E-state index in [1.54, 1.807) is 13.0 Å². The molecule has 2 aromatic carbocycles. The predicted molar refractivity (Wildman–Crippen MR) is 107 cm³/mol. The van der Waals surface area contributed by atoms with E-state index in [0.717, 1.165) is 17.3 Å². The number of nitro groups is 1. The summed E-state index contributed by atoms with van der Waals surface area (Å²) in [5, 5.41) is 21.9. The molecule has 0 aliphatic heterocycles. The van der Waals surface area contributed by atoms with Gasteiger partial charge in [0.05, 0.1) is 29.8 Å². The summed E-state index contributed by atoms with van der Waals surface area (Å²) in [6.45, 7) is 2.16. The molecule has 1 heterocycles. The molecular weight excluding hydrogens is 396 g/mol. The molecule has 0 fully saturated rings. The Balaban J connectivity index is 1.57. The highest BCUT2D eigenvalue weighted by Crippen LogP contribution is 2.29. The zero-order valence-corrected chi connectivity index (χ0v) is 16.3. The minimum absolute atomic E-state index is 0.0304. The van der Waals surface area contributed by atoms with Gasteiger partial charge in [-0.3, -0.25) is 14.9 Å². The van der Waals surface area contributed by atoms with E-state index >= 15 is 0 Å². The molecule has 0 radical (unpaired) electrons. The number of aromatic nitrogens is 2. The van der Waals surface area contributed by atoms with Crippen molar-refractivity contribution in [3.63, 3.8) is 0 Å². The number of hydrogen-bond acceptors (Lipinski definition) is 8. The normalized spacial score (nSPS) is 10.5. The van der Waals surface area contributed by atoms with Crippen molar-refractivity contribution < 1.29 is 18.9 Å². The van der Waals surface area contributed by atoms with Gasteiger partial charge in [-0.05, 0) is 24.6 Å². The fourth-order valence-electron chi connectivity index (χ4n) is 2.48. The molecule has 10 heteroatoms. The van der Waals surface area contributed by atoms with Crippen molar-refractivity contribution in [3.8, 4) is 5.75 Å². The van der Waals surface area contributed by atoms with Crippen LogP contribution in [0.25, 0.3) is 0 Å². The molecule has 0 aliphatic rings. The van der Waals surface area contributed by atoms with Crippen LogP contribution in [0.5, 0.6) is 5.75 Å². The Morgan fingerprint density at radius 1 is 1.24 bits per heavy atom. The summed E-state index contributed by atoms with van der Waals surface area (Å²) >= 11 is 1.06. The predicted octanol–water partition coefficient (Wildman–Crippen LogP) is 3.70. The van der Waals surface area contributed by atoms with Gasteiger partial charge in [0.25, 0.3) is 10.9 Å². The standard InChI is InChI=1S/C19H18N4O5S/c1-2-27-14-8-9-15(16(11-14)23(25)26)20-17(24)12-29-19-22-21-18(28-19)10-13-6-4-3-5-7-13/h3-9,11H,2,10,12H2,1H3,(H,20,24). The second kappa shape index (κ2) is 9.69. The van der Waals surface area contributed by atoms with E-state index in [1.807, 2.05) is 30.3 Å². The number of anilines is 1. The third-order valence-corrected chi connectivity index (χ3v) is 4.54. The molecule has 0 saturated carbocycles. The molecule has 0 bridgehead atoms. The van der Waals surface area contributed by atoms with Crippen molar-refractivity contribution in [1.82, 2.24) is 10.2 Å². The Kier molecular flexibility index (Phi) is 6.80. The molecule has 0 atom stereocenters. The van der Waals surface area contributed by atoms with Crippen LogP contribution in [0, 0.1) is 10.1 Å². The molecule has 1 amide bonds. The van der Waals surface area contributed by atoms with E-state index in [0.29, 0.717) is 24.7 Å². The van der Waals surface area contributed by atoms with Crippen LogP contribution in [0.2, 0.25) is 0 Å². The van der Waals surface area contributed by atoms with Gasteiger partial charge in [-0.25, -0.2) is 0 Å². The van der Waals surface area contributed by atoms with Crippen LogP contribution < -0.4 is 10.1 Å². The fraction of sp³-hybridized carbons (Fsp3) is 0.211. The first kappa shape index (κ1) is 20.3. The summed E-state index contributed by atoms with van der Waals surface area (Å²) in [5.74, 6) is 0.354. The van der Waals surface area contributed by atoms with E-state index < -0.39 is 10.8 Å². The molecule has 150 valence electrons. The van der Waals surface area contributed by atoms with Gasteiger partial charge in [0.1, 0.15) is 11.4 Å². The van der Waals surface area contributed by atoms with Crippen LogP contribution in [0.4, 0.5) is 11.4 Å². The quantitative estimate of drug-likeness (QED) is 0.320. The number of nitrogens with one attached hydrogen (secondary N) is 1. The molecular formula is C19H18N4O5S. The van der Waals surface area contributed by atoms with Crippen molar-refractivity contribution in [2.24, 2.45) is 0 Å². The topological polar surface area (TPSA) is 120 Å². The number of nitro benzene ring substituents is 1. The van der Waals surface area contributed by atoms with Gasteiger partial charge in [0, 0.05) is 0 Å². The average molecular weight is 414 g/mol. The molecule has 9 nitrogen and oxygen atoms in total. The van der Waals surface area contributed by atoms with Crippen LogP contribution in [0.15, 0.2) is 58.2 Å². The van der Waals surface area contributed by atoms with Crippen molar-refractivity contribution in [3.05, 3.63) is 70.1 Å². The number of benzene rings is 2. The Labute approximate surface area is 170 Å². The number of carbonyl (C=O) groups excluding carboxylic acids is 1. The highest BCUT2D eigenvalue weighted by atomic mass is 32.2. The van der Waals surface area contributed by atoms with Gasteiger partial charge < -0.3 is 14.5 Å². The smallest absolute Gasteiger partial charge is 0.296 e. The summed E-state index contributed by atoms with van der Waals surface area (Å²) in [6.07, 6.45) is 0.499. The highest BCUT2D eigenvalue weighted by Gasteiger charge is 2.18. The monoisotopic (exact) mass is 414 g/mol. The zero-order valence-electron chi connectivity index (χ0n) is 15.5. The molecule has 3 aromatic rings. The lowest BCUT2D eigenvalue weighted by Crippen LogP contribution is -2.15. The van der Waals surface area contributed by atoms with Gasteiger partial charge in [0.2, 0.25) is 11.8 Å². The second-order valence-corrected chi connectivity index (χ2v) is 6.76. The number of nitrogens with zero attached hydrogens (tertiary/aromatic N) is 3. The molecule has 1 N–H and O–H groups in total. The fourth-order valence-corrected chi connectivity index (χ4v) is 3.06. The number of ether oxygens (including phenoxy) is 1. The van der Waals surface area contributed by atoms with E-state index in [4.69, 9.17) is 9.15 Å². The first-order chi connectivity index (χ1) is 14.0. The number of thioether (sulfide) groups is 1. The Morgan fingerprint density at radius 3 is 2.76 bits per heavy atom. The van der Waals surface area contributed by atoms with Gasteiger partial charge in [0.15, 0.2) is 0 Å². The molecule has 29 heavy (non-hydrogen) atoms. The minimum Gasteiger partial charge on any atom is -0.494 e. The van der Waals surface area contributed by atoms with Crippen LogP contribution in [-0.2, 0) is 11.2 Å². The summed E-state index contributed by atoms with van der Waals surface area (Å²) < 4.78 is 10.8. The largest absolute Gasteiger partial charge is 0.494 e. The molecule has 0 saturated heterocycles. The van der Waals surface area contributed by atoms with Crippen molar-refractivity contribution in [1.29, 1.82) is 0 Å². The first-order valence-corrected chi connectivity index (χ1v) is 9.74. The average Bonchev–Trinajstić information content (AvgIpc) is 3.16. The lowest BCUT2D eigenvalue weighted by molar-refractivity contribution is -0.384. The Hall–Kier alpha value is -3.40. The maximum Gasteiger partial charge on any atom is 0.296 e. The van der Waals surface area contributed by atoms with Crippen LogP contribution in [-0.4, -0.2) is 33.4 Å². The van der Waals surface area contributed by atoms with E-state index in [9.17, 15) is 14.9 Å². The SMILES string of the molecule is CCOc1ccc(NC(=O)CSc2nnc(Cc3ccccc3)o2)c([N+](=O)[O-])c1. The van der Waals surface area contributed by atoms with Crippen molar-refractivity contribution in [2.45, 2.75) is 18.6 Å². The Bertz CT molecular complexity index is 993. The molecule has 3 rings (SSSR count). The van der Waals surface area contributed by atoms with Crippen LogP contribution in [0.3, 0.4) is 0 Å². The van der Waals surface area contributed by atoms with E-state index in [2.05, 4.69) is 15.5 Å². The number of rotatable bonds is 9. The van der Waals surface area contributed by atoms with Gasteiger partial charge >= 0.3 is 0 Å². The zero-order chi connectivity index (χ0) is 20.6. The molecule has 1 aromatic heterocycles.